The van der Waals surface area contributed by atoms with Crippen LogP contribution in [0.1, 0.15) is 15.9 Å². The van der Waals surface area contributed by atoms with Crippen LogP contribution < -0.4 is 4.74 Å². The van der Waals surface area contributed by atoms with Crippen LogP contribution in [0.15, 0.2) is 47.1 Å². The molecule has 1 heterocycles. The predicted molar refractivity (Wildman–Crippen MR) is 87.4 cm³/mol. The smallest absolute Gasteiger partial charge is 0.195 e. The molecule has 1 N–H and O–H groups in total. The monoisotopic (exact) mass is 363 g/mol. The molecular formula is C16H11BrClNO2. The molecule has 3 aromatic rings. The number of aromatic nitrogens is 1. The van der Waals surface area contributed by atoms with Crippen molar-refractivity contribution in [3.05, 3.63) is 63.2 Å². The zero-order chi connectivity index (χ0) is 15.0. The van der Waals surface area contributed by atoms with E-state index in [0.29, 0.717) is 21.9 Å². The highest BCUT2D eigenvalue weighted by Crippen LogP contribution is 2.30. The first kappa shape index (κ1) is 14.2. The molecule has 0 aliphatic rings. The van der Waals surface area contributed by atoms with Crippen LogP contribution in [0.2, 0.25) is 5.02 Å². The number of carbonyl (C=O) groups is 1. The summed E-state index contributed by atoms with van der Waals surface area (Å²) >= 11 is 9.60. The Morgan fingerprint density at radius 3 is 2.81 bits per heavy atom. The first-order valence-electron chi connectivity index (χ1n) is 6.25. The highest BCUT2D eigenvalue weighted by molar-refractivity contribution is 9.10. The van der Waals surface area contributed by atoms with E-state index in [1.807, 2.05) is 12.1 Å². The summed E-state index contributed by atoms with van der Waals surface area (Å²) in [5.74, 6) is 0.598. The number of hydrogen-bond acceptors (Lipinski definition) is 2. The van der Waals surface area contributed by atoms with Gasteiger partial charge in [0.1, 0.15) is 5.75 Å². The van der Waals surface area contributed by atoms with Gasteiger partial charge in [0.15, 0.2) is 5.78 Å². The fourth-order valence-electron chi connectivity index (χ4n) is 2.28. The van der Waals surface area contributed by atoms with Crippen LogP contribution in [0, 0.1) is 0 Å². The van der Waals surface area contributed by atoms with Gasteiger partial charge >= 0.3 is 0 Å². The van der Waals surface area contributed by atoms with Crippen molar-refractivity contribution in [1.29, 1.82) is 0 Å². The minimum absolute atomic E-state index is 0.0855. The van der Waals surface area contributed by atoms with Crippen molar-refractivity contribution in [2.24, 2.45) is 0 Å². The molecule has 3 nitrogen and oxygen atoms in total. The molecule has 0 aliphatic carbocycles. The van der Waals surface area contributed by atoms with Crippen LogP contribution in [-0.2, 0) is 0 Å². The van der Waals surface area contributed by atoms with E-state index in [1.165, 1.54) is 0 Å². The second-order valence-electron chi connectivity index (χ2n) is 4.54. The highest BCUT2D eigenvalue weighted by Gasteiger charge is 2.17. The largest absolute Gasteiger partial charge is 0.496 e. The van der Waals surface area contributed by atoms with E-state index in [1.54, 1.807) is 37.6 Å². The van der Waals surface area contributed by atoms with Crippen molar-refractivity contribution < 1.29 is 9.53 Å². The highest BCUT2D eigenvalue weighted by atomic mass is 79.9. The minimum Gasteiger partial charge on any atom is -0.496 e. The number of fused-ring (bicyclic) bond motifs is 1. The minimum atomic E-state index is -0.0855. The summed E-state index contributed by atoms with van der Waals surface area (Å²) < 4.78 is 5.91. The lowest BCUT2D eigenvalue weighted by molar-refractivity contribution is 0.104. The van der Waals surface area contributed by atoms with E-state index in [2.05, 4.69) is 20.9 Å². The first-order chi connectivity index (χ1) is 10.1. The molecule has 0 aliphatic heterocycles. The summed E-state index contributed by atoms with van der Waals surface area (Å²) in [5.41, 5.74) is 1.98. The number of nitrogens with one attached hydrogen (secondary N) is 1. The average Bonchev–Trinajstić information content (AvgIpc) is 2.92. The van der Waals surface area contributed by atoms with Crippen molar-refractivity contribution in [2.45, 2.75) is 0 Å². The van der Waals surface area contributed by atoms with Gasteiger partial charge in [0.25, 0.3) is 0 Å². The zero-order valence-electron chi connectivity index (χ0n) is 11.1. The quantitative estimate of drug-likeness (QED) is 0.677. The van der Waals surface area contributed by atoms with Crippen LogP contribution in [0.3, 0.4) is 0 Å². The van der Waals surface area contributed by atoms with Gasteiger partial charge in [-0.05, 0) is 46.3 Å². The van der Waals surface area contributed by atoms with Crippen LogP contribution >= 0.6 is 27.5 Å². The lowest BCUT2D eigenvalue weighted by Gasteiger charge is -2.06. The van der Waals surface area contributed by atoms with E-state index in [4.69, 9.17) is 16.3 Å². The molecule has 3 rings (SSSR count). The van der Waals surface area contributed by atoms with Gasteiger partial charge in [0, 0.05) is 28.2 Å². The summed E-state index contributed by atoms with van der Waals surface area (Å²) in [7, 11) is 1.58. The number of halogens is 2. The molecule has 21 heavy (non-hydrogen) atoms. The van der Waals surface area contributed by atoms with Crippen molar-refractivity contribution in [3.8, 4) is 5.75 Å². The van der Waals surface area contributed by atoms with Crippen molar-refractivity contribution in [1.82, 2.24) is 4.98 Å². The second kappa shape index (κ2) is 5.54. The summed E-state index contributed by atoms with van der Waals surface area (Å²) in [4.78, 5) is 15.8. The van der Waals surface area contributed by atoms with Gasteiger partial charge < -0.3 is 9.72 Å². The molecular weight excluding hydrogens is 354 g/mol. The molecule has 0 spiro atoms. The maximum Gasteiger partial charge on any atom is 0.195 e. The Hall–Kier alpha value is -1.78. The molecule has 1 aromatic heterocycles. The summed E-state index contributed by atoms with van der Waals surface area (Å²) in [6, 6.07) is 10.8. The fraction of sp³-hybridized carbons (Fsp3) is 0.0625. The third-order valence-corrected chi connectivity index (χ3v) is 4.25. The molecule has 0 amide bonds. The van der Waals surface area contributed by atoms with Gasteiger partial charge in [0.2, 0.25) is 0 Å². The van der Waals surface area contributed by atoms with Crippen LogP contribution in [-0.4, -0.2) is 17.9 Å². The molecule has 2 aromatic carbocycles. The number of hydrogen-bond donors (Lipinski definition) is 1. The van der Waals surface area contributed by atoms with E-state index >= 15 is 0 Å². The van der Waals surface area contributed by atoms with Crippen molar-refractivity contribution in [3.63, 3.8) is 0 Å². The van der Waals surface area contributed by atoms with E-state index in [9.17, 15) is 4.79 Å². The number of H-pyrrole nitrogens is 1. The predicted octanol–water partition coefficient (Wildman–Crippen LogP) is 4.82. The maximum absolute atomic E-state index is 12.7. The molecule has 0 fully saturated rings. The SMILES string of the molecule is COc1ccc(C(=O)c2c[nH]c3cccc(Cl)c23)cc1Br. The lowest BCUT2D eigenvalue weighted by Crippen LogP contribution is -2.01. The number of carbonyl (C=O) groups excluding carboxylic acids is 1. The van der Waals surface area contributed by atoms with E-state index < -0.39 is 0 Å². The molecule has 0 saturated carbocycles. The third kappa shape index (κ3) is 2.45. The Morgan fingerprint density at radius 1 is 1.29 bits per heavy atom. The topological polar surface area (TPSA) is 42.1 Å². The normalized spacial score (nSPS) is 10.8. The Bertz CT molecular complexity index is 841. The zero-order valence-corrected chi connectivity index (χ0v) is 13.5. The number of benzene rings is 2. The second-order valence-corrected chi connectivity index (χ2v) is 5.80. The van der Waals surface area contributed by atoms with Gasteiger partial charge in [-0.15, -0.1) is 0 Å². The van der Waals surface area contributed by atoms with Crippen LogP contribution in [0.25, 0.3) is 10.9 Å². The molecule has 0 radical (unpaired) electrons. The fourth-order valence-corrected chi connectivity index (χ4v) is 3.10. The molecule has 0 bridgehead atoms. The van der Waals surface area contributed by atoms with Gasteiger partial charge in [-0.25, -0.2) is 0 Å². The lowest BCUT2D eigenvalue weighted by atomic mass is 10.0. The molecule has 5 heteroatoms. The third-order valence-electron chi connectivity index (χ3n) is 3.31. The van der Waals surface area contributed by atoms with Crippen LogP contribution in [0.5, 0.6) is 5.75 Å². The Balaban J connectivity index is 2.11. The molecule has 0 unspecified atom stereocenters. The molecule has 0 atom stereocenters. The average molecular weight is 365 g/mol. The molecule has 0 saturated heterocycles. The number of rotatable bonds is 3. The van der Waals surface area contributed by atoms with Gasteiger partial charge in [-0.1, -0.05) is 17.7 Å². The Morgan fingerprint density at radius 2 is 2.10 bits per heavy atom. The molecule has 106 valence electrons. The van der Waals surface area contributed by atoms with Gasteiger partial charge in [-0.3, -0.25) is 4.79 Å². The summed E-state index contributed by atoms with van der Waals surface area (Å²) in [6.45, 7) is 0. The van der Waals surface area contributed by atoms with Crippen LogP contribution in [0.4, 0.5) is 0 Å². The number of aromatic amines is 1. The Kier molecular flexibility index (Phi) is 3.74. The van der Waals surface area contributed by atoms with Crippen molar-refractivity contribution in [2.75, 3.05) is 7.11 Å². The van der Waals surface area contributed by atoms with E-state index in [-0.39, 0.29) is 5.78 Å². The Labute approximate surface area is 135 Å². The van der Waals surface area contributed by atoms with Crippen molar-refractivity contribution >= 4 is 44.2 Å². The van der Waals surface area contributed by atoms with E-state index in [0.717, 1.165) is 15.4 Å². The first-order valence-corrected chi connectivity index (χ1v) is 7.42. The maximum atomic E-state index is 12.7. The number of methoxy groups -OCH3 is 1. The summed E-state index contributed by atoms with van der Waals surface area (Å²) in [5, 5.41) is 1.31. The van der Waals surface area contributed by atoms with Gasteiger partial charge in [0.05, 0.1) is 16.6 Å². The van der Waals surface area contributed by atoms with Gasteiger partial charge in [-0.2, -0.15) is 0 Å². The number of ether oxygens (including phenoxy) is 1. The summed E-state index contributed by atoms with van der Waals surface area (Å²) in [6.07, 6.45) is 1.69. The number of ketones is 1. The standard InChI is InChI=1S/C16H11BrClNO2/c1-21-14-6-5-9(7-11(14)17)16(20)10-8-19-13-4-2-3-12(18)15(10)13/h2-8,19H,1H3.